The van der Waals surface area contributed by atoms with Crippen LogP contribution >= 0.6 is 15.9 Å². The van der Waals surface area contributed by atoms with Crippen molar-refractivity contribution in [3.63, 3.8) is 0 Å². The Balaban J connectivity index is 2.13. The molecule has 1 aromatic carbocycles. The van der Waals surface area contributed by atoms with Crippen molar-refractivity contribution in [3.05, 3.63) is 52.0 Å². The summed E-state index contributed by atoms with van der Waals surface area (Å²) in [5.74, 6) is -0.606. The first-order chi connectivity index (χ1) is 9.36. The minimum atomic E-state index is -4.53. The molecule has 0 atom stereocenters. The molecule has 1 N–H and O–H groups in total. The molecule has 0 bridgehead atoms. The fourth-order valence-corrected chi connectivity index (χ4v) is 1.84. The number of hydrogen-bond acceptors (Lipinski definition) is 3. The lowest BCUT2D eigenvalue weighted by Gasteiger charge is -2.09. The Morgan fingerprint density at radius 1 is 1.20 bits per heavy atom. The first-order valence-corrected chi connectivity index (χ1v) is 6.23. The molecule has 0 amide bonds. The van der Waals surface area contributed by atoms with Gasteiger partial charge in [-0.25, -0.2) is 14.4 Å². The van der Waals surface area contributed by atoms with Gasteiger partial charge in [0.15, 0.2) is 0 Å². The molecule has 0 fully saturated rings. The molecule has 0 unspecified atom stereocenters. The van der Waals surface area contributed by atoms with Crippen molar-refractivity contribution in [3.8, 4) is 0 Å². The second kappa shape index (κ2) is 5.74. The van der Waals surface area contributed by atoms with Crippen molar-refractivity contribution in [2.45, 2.75) is 12.7 Å². The number of hydrogen-bond donors (Lipinski definition) is 1. The maximum atomic E-state index is 13.1. The summed E-state index contributed by atoms with van der Waals surface area (Å²) in [4.78, 5) is 7.04. The predicted octanol–water partition coefficient (Wildman–Crippen LogP) is 4.01. The lowest BCUT2D eigenvalue weighted by atomic mass is 10.2. The lowest BCUT2D eigenvalue weighted by molar-refractivity contribution is -0.141. The number of benzene rings is 1. The largest absolute Gasteiger partial charge is 0.433 e. The number of nitrogens with zero attached hydrogens (tertiary/aromatic N) is 2. The summed E-state index contributed by atoms with van der Waals surface area (Å²) in [7, 11) is 0. The van der Waals surface area contributed by atoms with Gasteiger partial charge in [0, 0.05) is 17.2 Å². The van der Waals surface area contributed by atoms with Crippen LogP contribution in [0.15, 0.2) is 34.9 Å². The van der Waals surface area contributed by atoms with Crippen LogP contribution in [0.3, 0.4) is 0 Å². The Morgan fingerprint density at radius 3 is 2.65 bits per heavy atom. The molecule has 20 heavy (non-hydrogen) atoms. The summed E-state index contributed by atoms with van der Waals surface area (Å²) in [6, 6.07) is 4.83. The minimum absolute atomic E-state index is 0.0969. The maximum absolute atomic E-state index is 13.1. The zero-order valence-corrected chi connectivity index (χ0v) is 11.5. The van der Waals surface area contributed by atoms with E-state index in [1.165, 1.54) is 18.2 Å². The third-order valence-corrected chi connectivity index (χ3v) is 3.16. The fraction of sp³-hybridized carbons (Fsp3) is 0.167. The van der Waals surface area contributed by atoms with Crippen LogP contribution in [0, 0.1) is 5.82 Å². The molecule has 0 aliphatic carbocycles. The molecular weight excluding hydrogens is 342 g/mol. The number of rotatable bonds is 3. The molecule has 1 aromatic heterocycles. The van der Waals surface area contributed by atoms with Crippen LogP contribution in [0.2, 0.25) is 0 Å². The molecule has 0 saturated carbocycles. The van der Waals surface area contributed by atoms with Gasteiger partial charge in [0.2, 0.25) is 5.95 Å². The Bertz CT molecular complexity index is 616. The van der Waals surface area contributed by atoms with Gasteiger partial charge in [0.1, 0.15) is 11.5 Å². The fourth-order valence-electron chi connectivity index (χ4n) is 1.45. The van der Waals surface area contributed by atoms with Gasteiger partial charge < -0.3 is 5.32 Å². The van der Waals surface area contributed by atoms with Crippen LogP contribution in [0.4, 0.5) is 23.5 Å². The normalized spacial score (nSPS) is 11.4. The van der Waals surface area contributed by atoms with E-state index in [-0.39, 0.29) is 12.5 Å². The standard InChI is InChI=1S/C12H8BrF4N3/c13-9-2-1-8(14)5-7(9)6-19-11-18-4-3-10(20-11)12(15,16)17/h1-5H,6H2,(H,18,19,20). The highest BCUT2D eigenvalue weighted by atomic mass is 79.9. The van der Waals surface area contributed by atoms with E-state index in [2.05, 4.69) is 31.2 Å². The molecule has 2 rings (SSSR count). The topological polar surface area (TPSA) is 37.8 Å². The molecular formula is C12H8BrF4N3. The van der Waals surface area contributed by atoms with E-state index in [1.54, 1.807) is 0 Å². The highest BCUT2D eigenvalue weighted by molar-refractivity contribution is 9.10. The average Bonchev–Trinajstić information content (AvgIpc) is 2.39. The van der Waals surface area contributed by atoms with Gasteiger partial charge in [-0.15, -0.1) is 0 Å². The summed E-state index contributed by atoms with van der Waals surface area (Å²) in [6.45, 7) is 0.0969. The first-order valence-electron chi connectivity index (χ1n) is 5.44. The Labute approximate surface area is 120 Å². The van der Waals surface area contributed by atoms with Gasteiger partial charge in [-0.1, -0.05) is 15.9 Å². The zero-order chi connectivity index (χ0) is 14.8. The highest BCUT2D eigenvalue weighted by Crippen LogP contribution is 2.27. The number of alkyl halides is 3. The first kappa shape index (κ1) is 14.7. The summed E-state index contributed by atoms with van der Waals surface area (Å²) in [5, 5.41) is 2.62. The predicted molar refractivity (Wildman–Crippen MR) is 68.5 cm³/mol. The van der Waals surface area contributed by atoms with Crippen LogP contribution in [-0.4, -0.2) is 9.97 Å². The Kier molecular flexibility index (Phi) is 4.22. The molecule has 1 heterocycles. The van der Waals surface area contributed by atoms with Gasteiger partial charge in [-0.3, -0.25) is 0 Å². The molecule has 0 aliphatic heterocycles. The minimum Gasteiger partial charge on any atom is -0.350 e. The van der Waals surface area contributed by atoms with Crippen molar-refractivity contribution < 1.29 is 17.6 Å². The number of halogens is 5. The van der Waals surface area contributed by atoms with Crippen LogP contribution in [0.5, 0.6) is 0 Å². The highest BCUT2D eigenvalue weighted by Gasteiger charge is 2.32. The zero-order valence-electron chi connectivity index (χ0n) is 9.88. The Morgan fingerprint density at radius 2 is 1.95 bits per heavy atom. The molecule has 2 aromatic rings. The van der Waals surface area contributed by atoms with Crippen molar-refractivity contribution in [2.75, 3.05) is 5.32 Å². The van der Waals surface area contributed by atoms with Gasteiger partial charge in [-0.2, -0.15) is 13.2 Å². The van der Waals surface area contributed by atoms with Crippen LogP contribution in [-0.2, 0) is 12.7 Å². The summed E-state index contributed by atoms with van der Waals surface area (Å²) >= 11 is 3.22. The van der Waals surface area contributed by atoms with E-state index in [4.69, 9.17) is 0 Å². The molecule has 0 radical (unpaired) electrons. The van der Waals surface area contributed by atoms with Gasteiger partial charge in [0.25, 0.3) is 0 Å². The summed E-state index contributed by atoms with van der Waals surface area (Å²) in [5.41, 5.74) is -0.487. The summed E-state index contributed by atoms with van der Waals surface area (Å²) < 4.78 is 51.1. The smallest absolute Gasteiger partial charge is 0.350 e. The molecule has 0 aliphatic rings. The molecule has 106 valence electrons. The van der Waals surface area contributed by atoms with E-state index in [9.17, 15) is 17.6 Å². The number of aromatic nitrogens is 2. The third kappa shape index (κ3) is 3.66. The second-order valence-electron chi connectivity index (χ2n) is 3.85. The van der Waals surface area contributed by atoms with E-state index >= 15 is 0 Å². The van der Waals surface area contributed by atoms with Crippen molar-refractivity contribution in [1.29, 1.82) is 0 Å². The third-order valence-electron chi connectivity index (χ3n) is 2.39. The van der Waals surface area contributed by atoms with Crippen molar-refractivity contribution in [2.24, 2.45) is 0 Å². The van der Waals surface area contributed by atoms with Gasteiger partial charge in [-0.05, 0) is 29.8 Å². The summed E-state index contributed by atoms with van der Waals surface area (Å²) in [6.07, 6.45) is -3.52. The second-order valence-corrected chi connectivity index (χ2v) is 4.71. The van der Waals surface area contributed by atoms with Crippen molar-refractivity contribution in [1.82, 2.24) is 9.97 Å². The molecule has 0 spiro atoms. The van der Waals surface area contributed by atoms with Crippen molar-refractivity contribution >= 4 is 21.9 Å². The van der Waals surface area contributed by atoms with Gasteiger partial charge in [0.05, 0.1) is 0 Å². The Hall–Kier alpha value is -1.70. The van der Waals surface area contributed by atoms with Crippen LogP contribution in [0.1, 0.15) is 11.3 Å². The molecule has 3 nitrogen and oxygen atoms in total. The van der Waals surface area contributed by atoms with Crippen LogP contribution in [0.25, 0.3) is 0 Å². The molecule has 0 saturated heterocycles. The quantitative estimate of drug-likeness (QED) is 0.850. The average molecular weight is 350 g/mol. The number of anilines is 1. The van der Waals surface area contributed by atoms with E-state index in [0.29, 0.717) is 10.0 Å². The van der Waals surface area contributed by atoms with Gasteiger partial charge >= 0.3 is 6.18 Å². The van der Waals surface area contributed by atoms with E-state index in [0.717, 1.165) is 12.3 Å². The van der Waals surface area contributed by atoms with E-state index in [1.807, 2.05) is 0 Å². The lowest BCUT2D eigenvalue weighted by Crippen LogP contribution is -2.11. The van der Waals surface area contributed by atoms with Crippen LogP contribution < -0.4 is 5.32 Å². The molecule has 8 heteroatoms. The SMILES string of the molecule is Fc1ccc(Br)c(CNc2nccc(C(F)(F)F)n2)c1. The maximum Gasteiger partial charge on any atom is 0.433 e. The number of nitrogens with one attached hydrogen (secondary N) is 1. The van der Waals surface area contributed by atoms with E-state index < -0.39 is 17.7 Å². The monoisotopic (exact) mass is 349 g/mol.